The van der Waals surface area contributed by atoms with Gasteiger partial charge in [0.15, 0.2) is 0 Å². The Kier molecular flexibility index (Phi) is 4.99. The molecular formula is C14H19BrFN. The van der Waals surface area contributed by atoms with Crippen LogP contribution in [0.15, 0.2) is 24.3 Å². The Morgan fingerprint density at radius 2 is 2.06 bits per heavy atom. The van der Waals surface area contributed by atoms with E-state index >= 15 is 0 Å². The third-order valence-corrected chi connectivity index (χ3v) is 4.26. The summed E-state index contributed by atoms with van der Waals surface area (Å²) in [5.41, 5.74) is 0.820. The van der Waals surface area contributed by atoms with Crippen LogP contribution in [-0.4, -0.2) is 22.8 Å². The number of likely N-dealkylation sites (tertiary alicyclic amines) is 1. The first-order valence-electron chi connectivity index (χ1n) is 6.34. The summed E-state index contributed by atoms with van der Waals surface area (Å²) >= 11 is 3.58. The summed E-state index contributed by atoms with van der Waals surface area (Å²) in [6.07, 6.45) is 5.05. The number of hydrogen-bond acceptors (Lipinski definition) is 1. The maximum atomic E-state index is 13.6. The van der Waals surface area contributed by atoms with Gasteiger partial charge >= 0.3 is 0 Å². The zero-order valence-corrected chi connectivity index (χ0v) is 11.6. The molecule has 1 nitrogen and oxygen atoms in total. The topological polar surface area (TPSA) is 3.24 Å². The maximum Gasteiger partial charge on any atom is 0.127 e. The molecular weight excluding hydrogens is 281 g/mol. The van der Waals surface area contributed by atoms with Gasteiger partial charge in [0.2, 0.25) is 0 Å². The lowest BCUT2D eigenvalue weighted by Crippen LogP contribution is -2.35. The van der Waals surface area contributed by atoms with E-state index in [1.54, 1.807) is 12.1 Å². The van der Waals surface area contributed by atoms with Crippen LogP contribution in [0.4, 0.5) is 4.39 Å². The van der Waals surface area contributed by atoms with Crippen LogP contribution in [0, 0.1) is 5.82 Å². The van der Waals surface area contributed by atoms with E-state index in [1.165, 1.54) is 25.7 Å². The molecule has 0 N–H and O–H groups in total. The molecule has 0 aromatic heterocycles. The number of benzene rings is 1. The first-order chi connectivity index (χ1) is 8.31. The Morgan fingerprint density at radius 3 is 2.82 bits per heavy atom. The van der Waals surface area contributed by atoms with E-state index in [1.807, 2.05) is 12.1 Å². The molecule has 1 aliphatic rings. The van der Waals surface area contributed by atoms with Gasteiger partial charge in [-0.25, -0.2) is 4.39 Å². The molecule has 1 unspecified atom stereocenters. The van der Waals surface area contributed by atoms with Gasteiger partial charge in [-0.05, 0) is 25.5 Å². The molecule has 1 aromatic carbocycles. The summed E-state index contributed by atoms with van der Waals surface area (Å²) in [5.74, 6) is -0.0786. The van der Waals surface area contributed by atoms with Gasteiger partial charge in [-0.1, -0.05) is 47.0 Å². The highest BCUT2D eigenvalue weighted by Crippen LogP contribution is 2.21. The van der Waals surface area contributed by atoms with Crippen LogP contribution in [0.5, 0.6) is 0 Å². The Bertz CT molecular complexity index is 356. The normalized spacial score (nSPS) is 22.4. The van der Waals surface area contributed by atoms with Crippen molar-refractivity contribution in [1.82, 2.24) is 4.90 Å². The van der Waals surface area contributed by atoms with Gasteiger partial charge in [0.25, 0.3) is 0 Å². The summed E-state index contributed by atoms with van der Waals surface area (Å²) in [4.78, 5) is 2.42. The molecule has 1 heterocycles. The molecule has 1 aliphatic heterocycles. The zero-order chi connectivity index (χ0) is 12.1. The van der Waals surface area contributed by atoms with Gasteiger partial charge in [0.1, 0.15) is 5.82 Å². The fourth-order valence-electron chi connectivity index (χ4n) is 2.47. The molecule has 1 saturated heterocycles. The minimum Gasteiger partial charge on any atom is -0.295 e. The molecule has 0 bridgehead atoms. The Labute approximate surface area is 111 Å². The van der Waals surface area contributed by atoms with E-state index in [-0.39, 0.29) is 5.82 Å². The molecule has 17 heavy (non-hydrogen) atoms. The number of nitrogens with zero attached hydrogens (tertiary/aromatic N) is 1. The zero-order valence-electron chi connectivity index (χ0n) is 10.0. The molecule has 3 heteroatoms. The van der Waals surface area contributed by atoms with Crippen molar-refractivity contribution < 1.29 is 4.39 Å². The van der Waals surface area contributed by atoms with E-state index < -0.39 is 0 Å². The second kappa shape index (κ2) is 6.50. The monoisotopic (exact) mass is 299 g/mol. The van der Waals surface area contributed by atoms with Crippen molar-refractivity contribution in [1.29, 1.82) is 0 Å². The molecule has 1 fully saturated rings. The molecule has 0 saturated carbocycles. The van der Waals surface area contributed by atoms with Crippen molar-refractivity contribution in [3.05, 3.63) is 35.6 Å². The van der Waals surface area contributed by atoms with Crippen LogP contribution in [0.2, 0.25) is 0 Å². The molecule has 1 aromatic rings. The largest absolute Gasteiger partial charge is 0.295 e. The molecule has 0 radical (unpaired) electrons. The Morgan fingerprint density at radius 1 is 1.24 bits per heavy atom. The quantitative estimate of drug-likeness (QED) is 0.764. The minimum absolute atomic E-state index is 0.0786. The molecule has 2 rings (SSSR count). The number of alkyl halides is 1. The van der Waals surface area contributed by atoms with E-state index in [4.69, 9.17) is 0 Å². The minimum atomic E-state index is -0.0786. The Balaban J connectivity index is 2.07. The SMILES string of the molecule is Fc1ccccc1CN1CCCCCC1CBr. The van der Waals surface area contributed by atoms with Crippen LogP contribution in [-0.2, 0) is 6.54 Å². The highest BCUT2D eigenvalue weighted by Gasteiger charge is 2.20. The van der Waals surface area contributed by atoms with Gasteiger partial charge in [0.05, 0.1) is 0 Å². The van der Waals surface area contributed by atoms with Gasteiger partial charge in [-0.3, -0.25) is 4.90 Å². The first kappa shape index (κ1) is 13.0. The lowest BCUT2D eigenvalue weighted by atomic mass is 10.1. The van der Waals surface area contributed by atoms with E-state index in [9.17, 15) is 4.39 Å². The van der Waals surface area contributed by atoms with E-state index in [0.29, 0.717) is 6.04 Å². The average molecular weight is 300 g/mol. The highest BCUT2D eigenvalue weighted by molar-refractivity contribution is 9.09. The van der Waals surface area contributed by atoms with Gasteiger partial charge < -0.3 is 0 Å². The first-order valence-corrected chi connectivity index (χ1v) is 7.47. The van der Waals surface area contributed by atoms with Crippen molar-refractivity contribution >= 4 is 15.9 Å². The lowest BCUT2D eigenvalue weighted by molar-refractivity contribution is 0.206. The Hall–Kier alpha value is -0.410. The fraction of sp³-hybridized carbons (Fsp3) is 0.571. The van der Waals surface area contributed by atoms with Crippen LogP contribution in [0.1, 0.15) is 31.2 Å². The van der Waals surface area contributed by atoms with Crippen LogP contribution in [0.25, 0.3) is 0 Å². The van der Waals surface area contributed by atoms with E-state index in [0.717, 1.165) is 24.0 Å². The summed E-state index contributed by atoms with van der Waals surface area (Å²) in [5, 5.41) is 0.988. The molecule has 0 spiro atoms. The standard InChI is InChI=1S/C14H19BrFN/c15-10-13-7-2-1-5-9-17(13)11-12-6-3-4-8-14(12)16/h3-4,6,8,13H,1-2,5,7,9-11H2. The third-order valence-electron chi connectivity index (χ3n) is 3.51. The number of halogens is 2. The molecule has 1 atom stereocenters. The van der Waals surface area contributed by atoms with Gasteiger partial charge in [0, 0.05) is 23.5 Å². The van der Waals surface area contributed by atoms with Crippen molar-refractivity contribution in [2.45, 2.75) is 38.3 Å². The van der Waals surface area contributed by atoms with Crippen molar-refractivity contribution in [2.75, 3.05) is 11.9 Å². The number of rotatable bonds is 3. The summed E-state index contributed by atoms with van der Waals surface area (Å²) in [6.45, 7) is 1.83. The molecule has 0 amide bonds. The summed E-state index contributed by atoms with van der Waals surface area (Å²) < 4.78 is 13.6. The second-order valence-electron chi connectivity index (χ2n) is 4.72. The average Bonchev–Trinajstić information content (AvgIpc) is 2.57. The summed E-state index contributed by atoms with van der Waals surface area (Å²) in [7, 11) is 0. The fourth-order valence-corrected chi connectivity index (χ4v) is 3.20. The van der Waals surface area contributed by atoms with Crippen LogP contribution in [0.3, 0.4) is 0 Å². The van der Waals surface area contributed by atoms with Gasteiger partial charge in [-0.2, -0.15) is 0 Å². The van der Waals surface area contributed by atoms with E-state index in [2.05, 4.69) is 20.8 Å². The second-order valence-corrected chi connectivity index (χ2v) is 5.37. The molecule has 94 valence electrons. The van der Waals surface area contributed by atoms with Gasteiger partial charge in [-0.15, -0.1) is 0 Å². The third kappa shape index (κ3) is 3.52. The molecule has 0 aliphatic carbocycles. The number of hydrogen-bond donors (Lipinski definition) is 0. The predicted octanol–water partition coefficient (Wildman–Crippen LogP) is 3.97. The van der Waals surface area contributed by atoms with Crippen LogP contribution >= 0.6 is 15.9 Å². The van der Waals surface area contributed by atoms with Crippen molar-refractivity contribution in [3.63, 3.8) is 0 Å². The predicted molar refractivity (Wildman–Crippen MR) is 72.9 cm³/mol. The highest BCUT2D eigenvalue weighted by atomic mass is 79.9. The smallest absolute Gasteiger partial charge is 0.127 e. The lowest BCUT2D eigenvalue weighted by Gasteiger charge is -2.28. The van der Waals surface area contributed by atoms with Crippen LogP contribution < -0.4 is 0 Å². The summed E-state index contributed by atoms with van der Waals surface area (Å²) in [6, 6.07) is 7.67. The van der Waals surface area contributed by atoms with Crippen molar-refractivity contribution in [3.8, 4) is 0 Å². The van der Waals surface area contributed by atoms with Crippen molar-refractivity contribution in [2.24, 2.45) is 0 Å². The maximum absolute atomic E-state index is 13.6.